The van der Waals surface area contributed by atoms with Gasteiger partial charge in [0.15, 0.2) is 0 Å². The van der Waals surface area contributed by atoms with Crippen LogP contribution in [0.5, 0.6) is 0 Å². The first-order chi connectivity index (χ1) is 20.9. The molecule has 0 fully saturated rings. The largest absolute Gasteiger partial charge is 0.822 e. The second-order valence-corrected chi connectivity index (χ2v) is 19.3. The van der Waals surface area contributed by atoms with Crippen molar-refractivity contribution >= 4 is 7.82 Å². The van der Waals surface area contributed by atoms with Gasteiger partial charge in [0.05, 0.1) is 80.0 Å². The van der Waals surface area contributed by atoms with Crippen molar-refractivity contribution in [3.63, 3.8) is 0 Å². The van der Waals surface area contributed by atoms with Gasteiger partial charge in [0, 0.05) is 19.3 Å². The van der Waals surface area contributed by atoms with E-state index in [9.17, 15) is 0 Å². The lowest BCUT2D eigenvalue weighted by Gasteiger charge is -2.41. The fraction of sp³-hybridized carbons (Fsp3) is 1.00. The predicted octanol–water partition coefficient (Wildman–Crippen LogP) is 8.67. The first-order valence-electron chi connectivity index (χ1n) is 19.1. The van der Waals surface area contributed by atoms with Crippen LogP contribution in [0.3, 0.4) is 0 Å². The summed E-state index contributed by atoms with van der Waals surface area (Å²) in [7, 11) is 15.3. The smallest absolute Gasteiger partial charge is 0.0929 e. The van der Waals surface area contributed by atoms with Crippen LogP contribution < -0.4 is 14.7 Å². The molecule has 0 aliphatic rings. The summed E-state index contributed by atoms with van der Waals surface area (Å²) in [6, 6.07) is 0. The van der Waals surface area contributed by atoms with Crippen molar-refractivity contribution in [2.45, 2.75) is 195 Å². The molecule has 47 heavy (non-hydrogen) atoms. The molecule has 0 amide bonds. The fourth-order valence-electron chi connectivity index (χ4n) is 4.49. The number of nitrogens with zero attached hydrogens (tertiary/aromatic N) is 3. The van der Waals surface area contributed by atoms with Crippen LogP contribution in [0.2, 0.25) is 0 Å². The monoisotopic (exact) mass is 696 g/mol. The Bertz CT molecular complexity index is 664. The standard InChI is InChI=1S/3C13H30N.H3O4P/c3*1-7-8-9-10-11-12-13(2,3)14(4,5)6;1-5(2,3)4/h3*7-12H2,1-6H3;(H3,1,2,3,4)/q3*+1;/p-3. The molecule has 0 radical (unpaired) electrons. The summed E-state index contributed by atoms with van der Waals surface area (Å²) < 4.78 is 11.8. The average Bonchev–Trinajstić information content (AvgIpc) is 2.86. The zero-order valence-electron chi connectivity index (χ0n) is 35.6. The lowest BCUT2D eigenvalue weighted by molar-refractivity contribution is -0.920. The second kappa shape index (κ2) is 25.9. The highest BCUT2D eigenvalue weighted by Gasteiger charge is 2.33. The van der Waals surface area contributed by atoms with Crippen LogP contribution in [0.1, 0.15) is 178 Å². The van der Waals surface area contributed by atoms with Crippen molar-refractivity contribution in [2.24, 2.45) is 0 Å². The van der Waals surface area contributed by atoms with E-state index >= 15 is 0 Å². The van der Waals surface area contributed by atoms with E-state index in [-0.39, 0.29) is 0 Å². The number of unbranched alkanes of at least 4 members (excludes halogenated alkanes) is 12. The van der Waals surface area contributed by atoms with Crippen LogP contribution in [0.15, 0.2) is 0 Å². The van der Waals surface area contributed by atoms with Gasteiger partial charge in [-0.1, -0.05) is 97.8 Å². The molecule has 290 valence electrons. The van der Waals surface area contributed by atoms with Gasteiger partial charge in [-0.3, -0.25) is 0 Å². The summed E-state index contributed by atoms with van der Waals surface area (Å²) in [5, 5.41) is 0. The van der Waals surface area contributed by atoms with Crippen LogP contribution in [-0.2, 0) is 4.57 Å². The number of hydrogen-bond acceptors (Lipinski definition) is 4. The molecule has 0 atom stereocenters. The average molecular weight is 696 g/mol. The fourth-order valence-corrected chi connectivity index (χ4v) is 4.49. The molecule has 0 aromatic carbocycles. The predicted molar refractivity (Wildman–Crippen MR) is 204 cm³/mol. The maximum Gasteiger partial charge on any atom is 0.0929 e. The van der Waals surface area contributed by atoms with Crippen LogP contribution in [0.4, 0.5) is 0 Å². The van der Waals surface area contributed by atoms with E-state index in [1.54, 1.807) is 0 Å². The SMILES string of the molecule is CCCCCCCC(C)(C)[N+](C)(C)C.CCCCCCCC(C)(C)[N+](C)(C)C.CCCCCCCC(C)(C)[N+](C)(C)C.O=P([O-])([O-])[O-]. The highest BCUT2D eigenvalue weighted by molar-refractivity contribution is 7.40. The molecule has 0 aliphatic heterocycles. The highest BCUT2D eigenvalue weighted by atomic mass is 31.2. The van der Waals surface area contributed by atoms with Gasteiger partial charge < -0.3 is 32.7 Å². The summed E-state index contributed by atoms with van der Waals surface area (Å²) in [5.74, 6) is 0. The van der Waals surface area contributed by atoms with Crippen molar-refractivity contribution in [3.05, 3.63) is 0 Å². The van der Waals surface area contributed by atoms with E-state index < -0.39 is 7.82 Å². The quantitative estimate of drug-likeness (QED) is 0.0683. The van der Waals surface area contributed by atoms with Crippen molar-refractivity contribution in [3.8, 4) is 0 Å². The molecule has 7 nitrogen and oxygen atoms in total. The molecule has 0 heterocycles. The summed E-state index contributed by atoms with van der Waals surface area (Å²) >= 11 is 0. The van der Waals surface area contributed by atoms with Crippen LogP contribution in [0.25, 0.3) is 0 Å². The van der Waals surface area contributed by atoms with Gasteiger partial charge in [-0.05, 0) is 60.8 Å². The van der Waals surface area contributed by atoms with E-state index in [0.29, 0.717) is 16.6 Å². The Kier molecular flexibility index (Phi) is 29.6. The number of hydrogen-bond donors (Lipinski definition) is 0. The minimum Gasteiger partial charge on any atom is -0.822 e. The summed E-state index contributed by atoms with van der Waals surface area (Å²) in [6.07, 6.45) is 25.0. The van der Waals surface area contributed by atoms with E-state index in [1.807, 2.05) is 0 Å². The minimum atomic E-state index is -5.39. The molecule has 0 aliphatic carbocycles. The van der Waals surface area contributed by atoms with Crippen molar-refractivity contribution < 1.29 is 32.7 Å². The Labute approximate surface area is 297 Å². The van der Waals surface area contributed by atoms with E-state index in [0.717, 1.165) is 13.4 Å². The third kappa shape index (κ3) is 34.2. The normalized spacial score (nSPS) is 13.1. The molecular formula is C39H90N3O4P. The molecule has 0 N–H and O–H groups in total. The van der Waals surface area contributed by atoms with Gasteiger partial charge in [-0.15, -0.1) is 0 Å². The lowest BCUT2D eigenvalue weighted by Crippen LogP contribution is -2.52. The van der Waals surface area contributed by atoms with Gasteiger partial charge >= 0.3 is 0 Å². The molecule has 0 unspecified atom stereocenters. The van der Waals surface area contributed by atoms with E-state index in [4.69, 9.17) is 19.2 Å². The summed E-state index contributed by atoms with van der Waals surface area (Å²) in [6.45, 7) is 21.1. The zero-order valence-corrected chi connectivity index (χ0v) is 36.5. The third-order valence-electron chi connectivity index (χ3n) is 11.1. The van der Waals surface area contributed by atoms with Crippen LogP contribution in [-0.4, -0.2) is 93.5 Å². The van der Waals surface area contributed by atoms with Crippen molar-refractivity contribution in [1.82, 2.24) is 0 Å². The number of phosphoric acid groups is 1. The minimum absolute atomic E-state index is 0.423. The first-order valence-corrected chi connectivity index (χ1v) is 20.6. The number of quaternary nitrogens is 3. The second-order valence-electron chi connectivity index (χ2n) is 18.4. The molecule has 0 aromatic rings. The van der Waals surface area contributed by atoms with Crippen molar-refractivity contribution in [2.75, 3.05) is 63.4 Å². The Balaban J connectivity index is -0.000000275. The van der Waals surface area contributed by atoms with E-state index in [1.165, 1.54) is 116 Å². The molecule has 0 saturated heterocycles. The Morgan fingerprint density at radius 3 is 0.660 bits per heavy atom. The third-order valence-corrected chi connectivity index (χ3v) is 11.1. The Morgan fingerprint density at radius 2 is 0.532 bits per heavy atom. The first kappa shape index (κ1) is 53.8. The van der Waals surface area contributed by atoms with E-state index in [2.05, 4.69) is 126 Å². The molecule has 0 spiro atoms. The maximum atomic E-state index is 8.55. The van der Waals surface area contributed by atoms with Crippen LogP contribution >= 0.6 is 7.82 Å². The van der Waals surface area contributed by atoms with Gasteiger partial charge in [-0.2, -0.15) is 7.82 Å². The van der Waals surface area contributed by atoms with Gasteiger partial charge in [-0.25, -0.2) is 0 Å². The topological polar surface area (TPSA) is 86.2 Å². The summed E-state index contributed by atoms with van der Waals surface area (Å²) in [5.41, 5.74) is 1.27. The molecule has 0 rings (SSSR count). The van der Waals surface area contributed by atoms with Gasteiger partial charge in [0.25, 0.3) is 0 Å². The van der Waals surface area contributed by atoms with Gasteiger partial charge in [0.1, 0.15) is 0 Å². The Hall–Kier alpha value is -0.0100. The molecular weight excluding hydrogens is 605 g/mol. The van der Waals surface area contributed by atoms with Crippen LogP contribution in [0, 0.1) is 0 Å². The number of rotatable bonds is 21. The lowest BCUT2D eigenvalue weighted by atomic mass is 9.93. The molecule has 8 heteroatoms. The summed E-state index contributed by atoms with van der Waals surface area (Å²) in [4.78, 5) is 25.6. The highest BCUT2D eigenvalue weighted by Crippen LogP contribution is 2.26. The molecule has 0 bridgehead atoms. The van der Waals surface area contributed by atoms with Crippen molar-refractivity contribution in [1.29, 1.82) is 0 Å². The van der Waals surface area contributed by atoms with Gasteiger partial charge in [0.2, 0.25) is 0 Å². The maximum absolute atomic E-state index is 8.55. The molecule has 0 saturated carbocycles. The Morgan fingerprint density at radius 1 is 0.383 bits per heavy atom. The molecule has 0 aromatic heterocycles. The zero-order chi connectivity index (χ0) is 38.2.